The van der Waals surface area contributed by atoms with Gasteiger partial charge in [-0.1, -0.05) is 6.07 Å². The number of nitrogens with two attached hydrogens (primary N) is 1. The molecule has 0 aliphatic heterocycles. The van der Waals surface area contributed by atoms with E-state index in [9.17, 15) is 4.79 Å². The van der Waals surface area contributed by atoms with Crippen LogP contribution < -0.4 is 16.0 Å². The van der Waals surface area contributed by atoms with Gasteiger partial charge in [-0.15, -0.1) is 11.8 Å². The molecule has 0 spiro atoms. The normalized spacial score (nSPS) is 10.3. The number of nitrogens with zero attached hydrogens (tertiary/aromatic N) is 1. The number of carbonyl (C=O) groups is 1. The summed E-state index contributed by atoms with van der Waals surface area (Å²) in [5.41, 5.74) is 8.04. The molecule has 0 aromatic heterocycles. The van der Waals surface area contributed by atoms with E-state index in [4.69, 9.17) is 5.73 Å². The SMILES string of the molecule is CCNC(=O)CN(CC)c1cccc(SC)c1CN. The molecule has 106 valence electrons. The number of amides is 1. The minimum Gasteiger partial charge on any atom is -0.362 e. The van der Waals surface area contributed by atoms with Gasteiger partial charge in [-0.25, -0.2) is 0 Å². The van der Waals surface area contributed by atoms with Gasteiger partial charge < -0.3 is 16.0 Å². The maximum atomic E-state index is 11.8. The Morgan fingerprint density at radius 3 is 2.68 bits per heavy atom. The molecule has 1 aromatic rings. The van der Waals surface area contributed by atoms with E-state index in [-0.39, 0.29) is 5.91 Å². The Hall–Kier alpha value is -1.20. The second kappa shape index (κ2) is 8.07. The van der Waals surface area contributed by atoms with Crippen molar-refractivity contribution in [2.24, 2.45) is 5.73 Å². The average Bonchev–Trinajstić information content (AvgIpc) is 2.44. The molecule has 0 atom stereocenters. The van der Waals surface area contributed by atoms with Crippen molar-refractivity contribution in [3.8, 4) is 0 Å². The van der Waals surface area contributed by atoms with Gasteiger partial charge >= 0.3 is 0 Å². The number of thioether (sulfide) groups is 1. The smallest absolute Gasteiger partial charge is 0.239 e. The van der Waals surface area contributed by atoms with E-state index in [0.717, 1.165) is 17.8 Å². The highest BCUT2D eigenvalue weighted by Gasteiger charge is 2.14. The second-order valence-corrected chi connectivity index (χ2v) is 4.98. The Labute approximate surface area is 119 Å². The highest BCUT2D eigenvalue weighted by molar-refractivity contribution is 7.98. The van der Waals surface area contributed by atoms with Gasteiger partial charge in [-0.3, -0.25) is 4.79 Å². The molecule has 0 aliphatic carbocycles. The van der Waals surface area contributed by atoms with E-state index >= 15 is 0 Å². The molecule has 0 radical (unpaired) electrons. The van der Waals surface area contributed by atoms with Crippen LogP contribution in [-0.4, -0.2) is 31.8 Å². The maximum absolute atomic E-state index is 11.8. The Morgan fingerprint density at radius 1 is 1.42 bits per heavy atom. The molecule has 1 amide bonds. The van der Waals surface area contributed by atoms with Crippen molar-refractivity contribution in [3.63, 3.8) is 0 Å². The number of likely N-dealkylation sites (N-methyl/N-ethyl adjacent to an activating group) is 2. The van der Waals surface area contributed by atoms with Gasteiger partial charge in [0.2, 0.25) is 5.91 Å². The minimum absolute atomic E-state index is 0.0434. The van der Waals surface area contributed by atoms with Gasteiger partial charge in [0.1, 0.15) is 0 Å². The van der Waals surface area contributed by atoms with Crippen LogP contribution in [0.1, 0.15) is 19.4 Å². The number of carbonyl (C=O) groups excluding carboxylic acids is 1. The number of benzene rings is 1. The van der Waals surface area contributed by atoms with Crippen molar-refractivity contribution in [1.29, 1.82) is 0 Å². The molecule has 19 heavy (non-hydrogen) atoms. The molecule has 3 N–H and O–H groups in total. The van der Waals surface area contributed by atoms with E-state index in [1.54, 1.807) is 11.8 Å². The largest absolute Gasteiger partial charge is 0.362 e. The number of rotatable bonds is 7. The van der Waals surface area contributed by atoms with Crippen LogP contribution in [0.25, 0.3) is 0 Å². The summed E-state index contributed by atoms with van der Waals surface area (Å²) >= 11 is 1.68. The zero-order valence-corrected chi connectivity index (χ0v) is 12.7. The topological polar surface area (TPSA) is 58.4 Å². The molecule has 0 bridgehead atoms. The molecule has 5 heteroatoms. The summed E-state index contributed by atoms with van der Waals surface area (Å²) in [4.78, 5) is 15.0. The molecular weight excluding hydrogens is 258 g/mol. The molecule has 1 rings (SSSR count). The zero-order valence-electron chi connectivity index (χ0n) is 11.9. The summed E-state index contributed by atoms with van der Waals surface area (Å²) in [5, 5.41) is 2.83. The monoisotopic (exact) mass is 281 g/mol. The standard InChI is InChI=1S/C14H23N3OS/c1-4-16-14(18)10-17(5-2)12-7-6-8-13(19-3)11(12)9-15/h6-8H,4-5,9-10,15H2,1-3H3,(H,16,18). The third-order valence-electron chi connectivity index (χ3n) is 2.96. The molecule has 0 heterocycles. The van der Waals surface area contributed by atoms with Crippen molar-refractivity contribution in [1.82, 2.24) is 5.32 Å². The summed E-state index contributed by atoms with van der Waals surface area (Å²) in [7, 11) is 0. The summed E-state index contributed by atoms with van der Waals surface area (Å²) in [6, 6.07) is 6.11. The average molecular weight is 281 g/mol. The Bertz CT molecular complexity index is 423. The van der Waals surface area contributed by atoms with Crippen LogP contribution in [0, 0.1) is 0 Å². The first-order chi connectivity index (χ1) is 9.17. The van der Waals surface area contributed by atoms with E-state index in [1.807, 2.05) is 32.2 Å². The van der Waals surface area contributed by atoms with E-state index < -0.39 is 0 Å². The number of nitrogens with one attached hydrogen (secondary N) is 1. The first-order valence-corrected chi connectivity index (χ1v) is 7.77. The summed E-state index contributed by atoms with van der Waals surface area (Å²) in [5.74, 6) is 0.0434. The molecule has 1 aromatic carbocycles. The van der Waals surface area contributed by atoms with Gasteiger partial charge in [-0.2, -0.15) is 0 Å². The third-order valence-corrected chi connectivity index (χ3v) is 3.79. The lowest BCUT2D eigenvalue weighted by Crippen LogP contribution is -2.37. The molecule has 0 saturated carbocycles. The third kappa shape index (κ3) is 4.14. The number of anilines is 1. The fourth-order valence-electron chi connectivity index (χ4n) is 2.04. The maximum Gasteiger partial charge on any atom is 0.239 e. The molecule has 4 nitrogen and oxygen atoms in total. The lowest BCUT2D eigenvalue weighted by molar-refractivity contribution is -0.119. The summed E-state index contributed by atoms with van der Waals surface area (Å²) in [6.07, 6.45) is 2.04. The molecular formula is C14H23N3OS. The Kier molecular flexibility index (Phi) is 6.73. The van der Waals surface area contributed by atoms with Gasteiger partial charge in [0.15, 0.2) is 0 Å². The van der Waals surface area contributed by atoms with E-state index in [0.29, 0.717) is 19.6 Å². The van der Waals surface area contributed by atoms with Crippen LogP contribution in [0.3, 0.4) is 0 Å². The fraction of sp³-hybridized carbons (Fsp3) is 0.500. The van der Waals surface area contributed by atoms with E-state index in [1.165, 1.54) is 4.90 Å². The number of hydrogen-bond acceptors (Lipinski definition) is 4. The predicted octanol–water partition coefficient (Wildman–Crippen LogP) is 1.83. The Balaban J connectivity index is 3.00. The minimum atomic E-state index is 0.0434. The van der Waals surface area contributed by atoms with Gasteiger partial charge in [0, 0.05) is 35.8 Å². The summed E-state index contributed by atoms with van der Waals surface area (Å²) < 4.78 is 0. The first kappa shape index (κ1) is 15.9. The quantitative estimate of drug-likeness (QED) is 0.749. The highest BCUT2D eigenvalue weighted by Crippen LogP contribution is 2.29. The first-order valence-electron chi connectivity index (χ1n) is 6.55. The van der Waals surface area contributed by atoms with Crippen LogP contribution in [0.2, 0.25) is 0 Å². The van der Waals surface area contributed by atoms with Crippen molar-refractivity contribution >= 4 is 23.4 Å². The lowest BCUT2D eigenvalue weighted by atomic mass is 10.1. The summed E-state index contributed by atoms with van der Waals surface area (Å²) in [6.45, 7) is 6.26. The van der Waals surface area contributed by atoms with Crippen molar-refractivity contribution in [2.45, 2.75) is 25.3 Å². The van der Waals surface area contributed by atoms with Crippen LogP contribution in [0.4, 0.5) is 5.69 Å². The van der Waals surface area contributed by atoms with Crippen LogP contribution in [0.15, 0.2) is 23.1 Å². The molecule has 0 fully saturated rings. The zero-order chi connectivity index (χ0) is 14.3. The van der Waals surface area contributed by atoms with Crippen molar-refractivity contribution < 1.29 is 4.79 Å². The van der Waals surface area contributed by atoms with Crippen LogP contribution in [-0.2, 0) is 11.3 Å². The highest BCUT2D eigenvalue weighted by atomic mass is 32.2. The molecule has 0 aliphatic rings. The van der Waals surface area contributed by atoms with Gasteiger partial charge in [0.25, 0.3) is 0 Å². The second-order valence-electron chi connectivity index (χ2n) is 4.13. The predicted molar refractivity (Wildman–Crippen MR) is 82.7 cm³/mol. The van der Waals surface area contributed by atoms with Crippen molar-refractivity contribution in [2.75, 3.05) is 30.8 Å². The lowest BCUT2D eigenvalue weighted by Gasteiger charge is -2.26. The van der Waals surface area contributed by atoms with E-state index in [2.05, 4.69) is 16.3 Å². The van der Waals surface area contributed by atoms with Crippen molar-refractivity contribution in [3.05, 3.63) is 23.8 Å². The van der Waals surface area contributed by atoms with Gasteiger partial charge in [0.05, 0.1) is 6.54 Å². The fourth-order valence-corrected chi connectivity index (χ4v) is 2.69. The Morgan fingerprint density at radius 2 is 2.16 bits per heavy atom. The van der Waals surface area contributed by atoms with Crippen LogP contribution in [0.5, 0.6) is 0 Å². The number of hydrogen-bond donors (Lipinski definition) is 2. The molecule has 0 saturated heterocycles. The molecule has 0 unspecified atom stereocenters. The van der Waals surface area contributed by atoms with Crippen LogP contribution >= 0.6 is 11.8 Å². The van der Waals surface area contributed by atoms with Gasteiger partial charge in [-0.05, 0) is 32.2 Å².